The predicted molar refractivity (Wildman–Crippen MR) is 109 cm³/mol. The molecule has 0 aliphatic rings. The van der Waals surface area contributed by atoms with Crippen molar-refractivity contribution in [1.29, 1.82) is 0 Å². The van der Waals surface area contributed by atoms with Crippen LogP contribution in [0, 0.1) is 0 Å². The van der Waals surface area contributed by atoms with Crippen molar-refractivity contribution in [2.75, 3.05) is 12.4 Å². The number of unbranched alkanes of at least 4 members (excludes halogenated alkanes) is 2. The molecule has 3 aromatic rings. The highest BCUT2D eigenvalue weighted by Crippen LogP contribution is 2.26. The molecule has 1 heterocycles. The molecule has 1 N–H and O–H groups in total. The van der Waals surface area contributed by atoms with Crippen molar-refractivity contribution in [3.05, 3.63) is 65.4 Å². The normalized spacial score (nSPS) is 10.9. The maximum absolute atomic E-state index is 8.89. The topological polar surface area (TPSA) is 60.2 Å². The zero-order valence-corrected chi connectivity index (χ0v) is 16.5. The van der Waals surface area contributed by atoms with Crippen molar-refractivity contribution >= 4 is 23.4 Å². The van der Waals surface area contributed by atoms with Crippen LogP contribution in [0.15, 0.2) is 59.8 Å². The fourth-order valence-corrected chi connectivity index (χ4v) is 3.74. The lowest BCUT2D eigenvalue weighted by molar-refractivity contribution is 0.284. The lowest BCUT2D eigenvalue weighted by Crippen LogP contribution is -2.07. The number of thioether (sulfide) groups is 1. The van der Waals surface area contributed by atoms with Crippen LogP contribution in [0.4, 0.5) is 0 Å². The molecule has 0 amide bonds. The van der Waals surface area contributed by atoms with Crippen LogP contribution in [0.2, 0.25) is 5.02 Å². The van der Waals surface area contributed by atoms with E-state index in [2.05, 4.69) is 10.2 Å². The summed E-state index contributed by atoms with van der Waals surface area (Å²) in [6.45, 7) is 0.519. The number of hydrogen-bond donors (Lipinski definition) is 1. The molecule has 0 radical (unpaired) electrons. The Bertz CT molecular complexity index is 842. The molecule has 2 aromatic carbocycles. The van der Waals surface area contributed by atoms with Crippen molar-refractivity contribution in [1.82, 2.24) is 14.8 Å². The Hall–Kier alpha value is -2.02. The van der Waals surface area contributed by atoms with E-state index < -0.39 is 0 Å². The SMILES string of the molecule is OCCCCCSc1nnc(COc2ccccc2Cl)n1-c1ccccc1. The number of rotatable bonds is 10. The molecule has 0 aliphatic carbocycles. The fraction of sp³-hybridized carbons (Fsp3) is 0.300. The largest absolute Gasteiger partial charge is 0.484 e. The number of nitrogens with zero attached hydrogens (tertiary/aromatic N) is 3. The number of halogens is 1. The molecule has 27 heavy (non-hydrogen) atoms. The lowest BCUT2D eigenvalue weighted by Gasteiger charge is -2.11. The molecule has 1 aromatic heterocycles. The van der Waals surface area contributed by atoms with Crippen LogP contribution >= 0.6 is 23.4 Å². The highest BCUT2D eigenvalue weighted by molar-refractivity contribution is 7.99. The van der Waals surface area contributed by atoms with Gasteiger partial charge in [-0.15, -0.1) is 10.2 Å². The van der Waals surface area contributed by atoms with Crippen LogP contribution in [-0.2, 0) is 6.61 Å². The molecule has 7 heteroatoms. The molecular weight excluding hydrogens is 382 g/mol. The Balaban J connectivity index is 1.76. The van der Waals surface area contributed by atoms with Gasteiger partial charge in [0.1, 0.15) is 12.4 Å². The van der Waals surface area contributed by atoms with Gasteiger partial charge in [0.2, 0.25) is 0 Å². The van der Waals surface area contributed by atoms with E-state index in [0.717, 1.165) is 41.7 Å². The van der Waals surface area contributed by atoms with E-state index in [-0.39, 0.29) is 13.2 Å². The molecule has 0 aliphatic heterocycles. The number of para-hydroxylation sites is 2. The van der Waals surface area contributed by atoms with Gasteiger partial charge in [-0.3, -0.25) is 4.57 Å². The zero-order chi connectivity index (χ0) is 18.9. The third-order valence-corrected chi connectivity index (χ3v) is 5.27. The average Bonchev–Trinajstić information content (AvgIpc) is 3.10. The maximum atomic E-state index is 8.89. The highest BCUT2D eigenvalue weighted by Gasteiger charge is 2.15. The fourth-order valence-electron chi connectivity index (χ4n) is 2.58. The summed E-state index contributed by atoms with van der Waals surface area (Å²) >= 11 is 7.84. The first-order valence-corrected chi connectivity index (χ1v) is 10.3. The van der Waals surface area contributed by atoms with E-state index in [1.54, 1.807) is 17.8 Å². The monoisotopic (exact) mass is 403 g/mol. The quantitative estimate of drug-likeness (QED) is 0.391. The minimum absolute atomic E-state index is 0.244. The van der Waals surface area contributed by atoms with Gasteiger partial charge >= 0.3 is 0 Å². The van der Waals surface area contributed by atoms with Gasteiger partial charge in [-0.05, 0) is 37.1 Å². The van der Waals surface area contributed by atoms with E-state index in [1.165, 1.54) is 0 Å². The molecule has 0 atom stereocenters. The Morgan fingerprint density at radius 1 is 0.963 bits per heavy atom. The second-order valence-electron chi connectivity index (χ2n) is 5.92. The second kappa shape index (κ2) is 10.3. The molecule has 0 saturated heterocycles. The Morgan fingerprint density at radius 2 is 1.74 bits per heavy atom. The summed E-state index contributed by atoms with van der Waals surface area (Å²) in [5.74, 6) is 2.27. The van der Waals surface area contributed by atoms with Crippen molar-refractivity contribution in [3.8, 4) is 11.4 Å². The molecule has 0 spiro atoms. The Kier molecular flexibility index (Phi) is 7.56. The smallest absolute Gasteiger partial charge is 0.195 e. The number of aromatic nitrogens is 3. The molecular formula is C20H22ClN3O2S. The first kappa shape index (κ1) is 19.7. The number of hydrogen-bond acceptors (Lipinski definition) is 5. The minimum Gasteiger partial charge on any atom is -0.484 e. The highest BCUT2D eigenvalue weighted by atomic mass is 35.5. The van der Waals surface area contributed by atoms with Crippen LogP contribution in [0.5, 0.6) is 5.75 Å². The van der Waals surface area contributed by atoms with Crippen LogP contribution in [0.3, 0.4) is 0 Å². The maximum Gasteiger partial charge on any atom is 0.195 e. The minimum atomic E-state index is 0.244. The van der Waals surface area contributed by atoms with Crippen LogP contribution in [0.1, 0.15) is 25.1 Å². The molecule has 0 bridgehead atoms. The Labute approximate surface area is 168 Å². The van der Waals surface area contributed by atoms with Gasteiger partial charge in [-0.25, -0.2) is 0 Å². The van der Waals surface area contributed by atoms with Crippen molar-refractivity contribution in [2.45, 2.75) is 31.0 Å². The summed E-state index contributed by atoms with van der Waals surface area (Å²) < 4.78 is 7.88. The molecule has 0 unspecified atom stereocenters. The van der Waals surface area contributed by atoms with Crippen molar-refractivity contribution in [3.63, 3.8) is 0 Å². The molecule has 0 fully saturated rings. The summed E-state index contributed by atoms with van der Waals surface area (Å²) in [4.78, 5) is 0. The lowest BCUT2D eigenvalue weighted by atomic mass is 10.3. The molecule has 5 nitrogen and oxygen atoms in total. The van der Waals surface area contributed by atoms with Gasteiger partial charge < -0.3 is 9.84 Å². The predicted octanol–water partition coefficient (Wildman–Crippen LogP) is 4.75. The van der Waals surface area contributed by atoms with Crippen molar-refractivity contribution < 1.29 is 9.84 Å². The Morgan fingerprint density at radius 3 is 2.52 bits per heavy atom. The number of ether oxygens (including phenoxy) is 1. The van der Waals surface area contributed by atoms with E-state index in [1.807, 2.05) is 53.1 Å². The molecule has 3 rings (SSSR count). The summed E-state index contributed by atoms with van der Waals surface area (Å²) in [6, 6.07) is 17.4. The van der Waals surface area contributed by atoms with Gasteiger partial charge in [0, 0.05) is 18.0 Å². The summed E-state index contributed by atoms with van der Waals surface area (Å²) in [5, 5.41) is 19.0. The summed E-state index contributed by atoms with van der Waals surface area (Å²) in [7, 11) is 0. The van der Waals surface area contributed by atoms with Crippen LogP contribution in [-0.4, -0.2) is 32.2 Å². The molecule has 142 valence electrons. The summed E-state index contributed by atoms with van der Waals surface area (Å²) in [5.41, 5.74) is 0.998. The van der Waals surface area contributed by atoms with Gasteiger partial charge in [0.05, 0.1) is 5.02 Å². The van der Waals surface area contributed by atoms with E-state index >= 15 is 0 Å². The number of benzene rings is 2. The van der Waals surface area contributed by atoms with E-state index in [4.69, 9.17) is 21.4 Å². The van der Waals surface area contributed by atoms with Gasteiger partial charge in [-0.1, -0.05) is 60.1 Å². The van der Waals surface area contributed by atoms with Gasteiger partial charge in [0.15, 0.2) is 11.0 Å². The van der Waals surface area contributed by atoms with Crippen molar-refractivity contribution in [2.24, 2.45) is 0 Å². The summed E-state index contributed by atoms with van der Waals surface area (Å²) in [6.07, 6.45) is 2.87. The first-order valence-electron chi connectivity index (χ1n) is 8.90. The van der Waals surface area contributed by atoms with Crippen LogP contribution in [0.25, 0.3) is 5.69 Å². The van der Waals surface area contributed by atoms with Gasteiger partial charge in [-0.2, -0.15) is 0 Å². The third kappa shape index (κ3) is 5.48. The van der Waals surface area contributed by atoms with Crippen LogP contribution < -0.4 is 4.74 Å². The second-order valence-corrected chi connectivity index (χ2v) is 7.39. The van der Waals surface area contributed by atoms with Gasteiger partial charge in [0.25, 0.3) is 0 Å². The average molecular weight is 404 g/mol. The number of aliphatic hydroxyl groups excluding tert-OH is 1. The standard InChI is InChI=1S/C20H22ClN3O2S/c21-17-11-5-6-12-18(17)26-15-19-22-23-20(27-14-8-2-7-13-25)24(19)16-9-3-1-4-10-16/h1,3-6,9-12,25H,2,7-8,13-15H2. The van der Waals surface area contributed by atoms with E-state index in [0.29, 0.717) is 10.8 Å². The number of aliphatic hydroxyl groups is 1. The first-order chi connectivity index (χ1) is 13.3. The zero-order valence-electron chi connectivity index (χ0n) is 14.9. The third-order valence-electron chi connectivity index (χ3n) is 3.94. The molecule has 0 saturated carbocycles. The van der Waals surface area contributed by atoms with E-state index in [9.17, 15) is 0 Å².